The zero-order valence-electron chi connectivity index (χ0n) is 10.0. The van der Waals surface area contributed by atoms with E-state index < -0.39 is 11.6 Å². The van der Waals surface area contributed by atoms with Crippen molar-refractivity contribution < 1.29 is 14.0 Å². The van der Waals surface area contributed by atoms with Crippen molar-refractivity contribution in [3.63, 3.8) is 0 Å². The van der Waals surface area contributed by atoms with Crippen molar-refractivity contribution in [2.75, 3.05) is 6.61 Å². The maximum absolute atomic E-state index is 13.7. The third-order valence-electron chi connectivity index (χ3n) is 2.80. The molecule has 0 N–H and O–H groups in total. The number of carbonyl (C=O) groups excluding carboxylic acids is 1. The molecule has 2 rings (SSSR count). The van der Waals surface area contributed by atoms with E-state index >= 15 is 0 Å². The highest BCUT2D eigenvalue weighted by Gasteiger charge is 2.39. The second-order valence-corrected chi connectivity index (χ2v) is 4.65. The van der Waals surface area contributed by atoms with Crippen LogP contribution in [0.15, 0.2) is 30.3 Å². The SMILES string of the molecule is CC(C)(F)C(=O)N1OCC[C@H]1c1ccccc1. The Morgan fingerprint density at radius 2 is 2.06 bits per heavy atom. The fourth-order valence-electron chi connectivity index (χ4n) is 1.91. The summed E-state index contributed by atoms with van der Waals surface area (Å²) in [6.07, 6.45) is 0.700. The van der Waals surface area contributed by atoms with Gasteiger partial charge in [0.25, 0.3) is 5.91 Å². The molecule has 1 heterocycles. The van der Waals surface area contributed by atoms with Gasteiger partial charge in [0.1, 0.15) is 0 Å². The Balaban J connectivity index is 2.22. The van der Waals surface area contributed by atoms with Gasteiger partial charge in [-0.25, -0.2) is 9.45 Å². The monoisotopic (exact) mass is 237 g/mol. The van der Waals surface area contributed by atoms with Crippen LogP contribution in [0.4, 0.5) is 4.39 Å². The molecule has 3 nitrogen and oxygen atoms in total. The number of rotatable bonds is 2. The van der Waals surface area contributed by atoms with Crippen molar-refractivity contribution in [3.8, 4) is 0 Å². The normalized spacial score (nSPS) is 20.6. The quantitative estimate of drug-likeness (QED) is 0.791. The molecule has 4 heteroatoms. The van der Waals surface area contributed by atoms with E-state index in [1.807, 2.05) is 30.3 Å². The molecule has 17 heavy (non-hydrogen) atoms. The first kappa shape index (κ1) is 12.0. The van der Waals surface area contributed by atoms with Crippen LogP contribution in [0.25, 0.3) is 0 Å². The Bertz CT molecular complexity index is 400. The van der Waals surface area contributed by atoms with Gasteiger partial charge in [-0.3, -0.25) is 9.63 Å². The van der Waals surface area contributed by atoms with Crippen LogP contribution in [0.5, 0.6) is 0 Å². The van der Waals surface area contributed by atoms with Crippen LogP contribution < -0.4 is 0 Å². The minimum Gasteiger partial charge on any atom is -0.270 e. The summed E-state index contributed by atoms with van der Waals surface area (Å²) in [5.74, 6) is -0.621. The minimum atomic E-state index is -1.91. The molecule has 0 aliphatic carbocycles. The molecule has 1 fully saturated rings. The van der Waals surface area contributed by atoms with Gasteiger partial charge in [-0.1, -0.05) is 30.3 Å². The Hall–Kier alpha value is -1.42. The molecule has 1 aliphatic heterocycles. The first-order chi connectivity index (χ1) is 8.00. The topological polar surface area (TPSA) is 29.5 Å². The van der Waals surface area contributed by atoms with E-state index in [1.165, 1.54) is 18.9 Å². The smallest absolute Gasteiger partial charge is 0.270 e. The molecule has 1 aliphatic rings. The van der Waals surface area contributed by atoms with Gasteiger partial charge in [0.15, 0.2) is 5.67 Å². The zero-order chi connectivity index (χ0) is 12.5. The maximum atomic E-state index is 13.7. The molecule has 0 unspecified atom stereocenters. The van der Waals surface area contributed by atoms with Gasteiger partial charge in [-0.2, -0.15) is 0 Å². The van der Waals surface area contributed by atoms with E-state index in [9.17, 15) is 9.18 Å². The van der Waals surface area contributed by atoms with Crippen molar-refractivity contribution in [3.05, 3.63) is 35.9 Å². The van der Waals surface area contributed by atoms with Crippen LogP contribution in [0.1, 0.15) is 31.9 Å². The van der Waals surface area contributed by atoms with Gasteiger partial charge in [0.2, 0.25) is 0 Å². The van der Waals surface area contributed by atoms with Crippen molar-refractivity contribution in [1.29, 1.82) is 0 Å². The number of hydrogen-bond donors (Lipinski definition) is 0. The van der Waals surface area contributed by atoms with Crippen LogP contribution in [-0.4, -0.2) is 23.2 Å². The average molecular weight is 237 g/mol. The Labute approximate surface area is 100 Å². The number of halogens is 1. The molecule has 92 valence electrons. The van der Waals surface area contributed by atoms with Crippen molar-refractivity contribution >= 4 is 5.91 Å². The Morgan fingerprint density at radius 1 is 1.41 bits per heavy atom. The summed E-state index contributed by atoms with van der Waals surface area (Å²) >= 11 is 0. The highest BCUT2D eigenvalue weighted by Crippen LogP contribution is 2.32. The molecule has 1 atom stereocenters. The van der Waals surface area contributed by atoms with Gasteiger partial charge in [0, 0.05) is 6.42 Å². The lowest BCUT2D eigenvalue weighted by atomic mass is 10.0. The standard InChI is InChI=1S/C13H16FNO2/c1-13(2,14)12(16)15-11(8-9-17-15)10-6-4-3-5-7-10/h3-7,11H,8-9H2,1-2H3/t11-/m0/s1. The third-order valence-corrected chi connectivity index (χ3v) is 2.80. The Morgan fingerprint density at radius 3 is 2.65 bits per heavy atom. The lowest BCUT2D eigenvalue weighted by Gasteiger charge is -2.26. The lowest BCUT2D eigenvalue weighted by Crippen LogP contribution is -2.41. The molecule has 1 aromatic rings. The zero-order valence-corrected chi connectivity index (χ0v) is 10.0. The molecule has 0 spiro atoms. The number of alkyl halides is 1. The molecule has 0 radical (unpaired) electrons. The largest absolute Gasteiger partial charge is 0.283 e. The van der Waals surface area contributed by atoms with E-state index in [1.54, 1.807) is 0 Å². The number of carbonyl (C=O) groups is 1. The number of hydroxylamine groups is 2. The number of amides is 1. The first-order valence-corrected chi connectivity index (χ1v) is 5.70. The molecule has 1 aromatic carbocycles. The van der Waals surface area contributed by atoms with Crippen LogP contribution >= 0.6 is 0 Å². The van der Waals surface area contributed by atoms with Crippen molar-refractivity contribution in [1.82, 2.24) is 5.06 Å². The van der Waals surface area contributed by atoms with Crippen molar-refractivity contribution in [2.45, 2.75) is 32.0 Å². The Kier molecular flexibility index (Phi) is 3.15. The van der Waals surface area contributed by atoms with Crippen LogP contribution in [0.3, 0.4) is 0 Å². The van der Waals surface area contributed by atoms with Crippen LogP contribution in [0, 0.1) is 0 Å². The van der Waals surface area contributed by atoms with Crippen molar-refractivity contribution in [2.24, 2.45) is 0 Å². The van der Waals surface area contributed by atoms with Gasteiger partial charge in [0.05, 0.1) is 12.6 Å². The lowest BCUT2D eigenvalue weighted by molar-refractivity contribution is -0.188. The summed E-state index contributed by atoms with van der Waals surface area (Å²) in [7, 11) is 0. The highest BCUT2D eigenvalue weighted by molar-refractivity contribution is 5.83. The molecule has 0 aromatic heterocycles. The van der Waals surface area contributed by atoms with E-state index in [4.69, 9.17) is 4.84 Å². The predicted molar refractivity (Wildman–Crippen MR) is 61.8 cm³/mol. The molecule has 1 amide bonds. The van der Waals surface area contributed by atoms with E-state index in [-0.39, 0.29) is 6.04 Å². The minimum absolute atomic E-state index is 0.182. The fourth-order valence-corrected chi connectivity index (χ4v) is 1.91. The van der Waals surface area contributed by atoms with Gasteiger partial charge in [-0.05, 0) is 19.4 Å². The van der Waals surface area contributed by atoms with Crippen LogP contribution in [-0.2, 0) is 9.63 Å². The summed E-state index contributed by atoms with van der Waals surface area (Å²) in [5.41, 5.74) is -0.931. The molecular formula is C13H16FNO2. The fraction of sp³-hybridized carbons (Fsp3) is 0.462. The van der Waals surface area contributed by atoms with Gasteiger partial charge < -0.3 is 0 Å². The highest BCUT2D eigenvalue weighted by atomic mass is 19.1. The summed E-state index contributed by atoms with van der Waals surface area (Å²) in [4.78, 5) is 17.1. The number of hydrogen-bond acceptors (Lipinski definition) is 2. The van der Waals surface area contributed by atoms with Gasteiger partial charge in [-0.15, -0.1) is 0 Å². The molecule has 0 bridgehead atoms. The van der Waals surface area contributed by atoms with E-state index in [2.05, 4.69) is 0 Å². The third kappa shape index (κ3) is 2.47. The van der Waals surface area contributed by atoms with Gasteiger partial charge >= 0.3 is 0 Å². The predicted octanol–water partition coefficient (Wildman–Crippen LogP) is 2.64. The molecule has 1 saturated heterocycles. The molecular weight excluding hydrogens is 221 g/mol. The summed E-state index contributed by atoms with van der Waals surface area (Å²) in [6, 6.07) is 9.37. The average Bonchev–Trinajstić information content (AvgIpc) is 2.76. The number of nitrogens with zero attached hydrogens (tertiary/aromatic N) is 1. The molecule has 0 saturated carbocycles. The van der Waals surface area contributed by atoms with E-state index in [0.717, 1.165) is 5.56 Å². The summed E-state index contributed by atoms with van der Waals surface area (Å²) < 4.78 is 13.7. The summed E-state index contributed by atoms with van der Waals surface area (Å²) in [6.45, 7) is 2.94. The first-order valence-electron chi connectivity index (χ1n) is 5.70. The number of benzene rings is 1. The van der Waals surface area contributed by atoms with Crippen LogP contribution in [0.2, 0.25) is 0 Å². The summed E-state index contributed by atoms with van der Waals surface area (Å²) in [5, 5.41) is 1.18. The maximum Gasteiger partial charge on any atom is 0.283 e. The second kappa shape index (κ2) is 4.45. The second-order valence-electron chi connectivity index (χ2n) is 4.65. The van der Waals surface area contributed by atoms with E-state index in [0.29, 0.717) is 13.0 Å².